The zero-order chi connectivity index (χ0) is 17.7. The molecule has 0 unspecified atom stereocenters. The van der Waals surface area contributed by atoms with Crippen molar-refractivity contribution in [3.63, 3.8) is 0 Å². The summed E-state index contributed by atoms with van der Waals surface area (Å²) in [5.41, 5.74) is 2.21. The van der Waals surface area contributed by atoms with Crippen LogP contribution in [0.1, 0.15) is 17.5 Å². The summed E-state index contributed by atoms with van der Waals surface area (Å²) in [4.78, 5) is 24.6. The topological polar surface area (TPSA) is 127 Å². The number of hydrogen-bond donors (Lipinski definition) is 3. The lowest BCUT2D eigenvalue weighted by molar-refractivity contribution is -0.114. The Bertz CT molecular complexity index is 845. The molecule has 3 N–H and O–H groups in total. The van der Waals surface area contributed by atoms with Gasteiger partial charge in [-0.05, 0) is 30.3 Å². The van der Waals surface area contributed by atoms with E-state index in [0.29, 0.717) is 5.75 Å². The number of methoxy groups -OCH3 is 1. The summed E-state index contributed by atoms with van der Waals surface area (Å²) in [5, 5.41) is 2.47. The van der Waals surface area contributed by atoms with E-state index in [1.54, 1.807) is 0 Å². The van der Waals surface area contributed by atoms with Crippen LogP contribution >= 0.6 is 0 Å². The molecular weight excluding hydrogens is 338 g/mol. The first kappa shape index (κ1) is 17.5. The Morgan fingerprint density at radius 2 is 1.96 bits per heavy atom. The van der Waals surface area contributed by atoms with Crippen LogP contribution in [0.15, 0.2) is 45.9 Å². The van der Waals surface area contributed by atoms with E-state index in [4.69, 9.17) is 9.15 Å². The van der Waals surface area contributed by atoms with E-state index in [0.717, 1.165) is 0 Å². The molecule has 0 radical (unpaired) electrons. The molecule has 1 heterocycles. The zero-order valence-electron chi connectivity index (χ0n) is 12.8. The number of nitrogens with one attached hydrogen (secondary N) is 3. The van der Waals surface area contributed by atoms with Gasteiger partial charge in [0.1, 0.15) is 5.75 Å². The fourth-order valence-corrected chi connectivity index (χ4v) is 2.65. The molecular formula is C14H15N3O6S. The fraction of sp³-hybridized carbons (Fsp3) is 0.143. The van der Waals surface area contributed by atoms with Gasteiger partial charge in [0, 0.05) is 6.92 Å². The first-order valence-electron chi connectivity index (χ1n) is 6.65. The predicted molar refractivity (Wildman–Crippen MR) is 83.8 cm³/mol. The fourth-order valence-electron chi connectivity index (χ4n) is 1.78. The number of sulfonamides is 1. The first-order chi connectivity index (χ1) is 11.3. The molecule has 10 heteroatoms. The molecule has 2 aromatic rings. The lowest BCUT2D eigenvalue weighted by atomic mass is 10.3. The van der Waals surface area contributed by atoms with Crippen LogP contribution in [0, 0.1) is 0 Å². The summed E-state index contributed by atoms with van der Waals surface area (Å²) in [7, 11) is -2.67. The lowest BCUT2D eigenvalue weighted by Gasteiger charge is -2.12. The number of carbonyl (C=O) groups is 2. The van der Waals surface area contributed by atoms with Gasteiger partial charge in [-0.1, -0.05) is 0 Å². The SMILES string of the molecule is COc1ccc(S(=O)(=O)NNC(=O)c2ccco2)cc1NC(C)=O. The maximum Gasteiger partial charge on any atom is 0.301 e. The molecule has 0 fully saturated rings. The normalized spacial score (nSPS) is 10.9. The standard InChI is InChI=1S/C14H15N3O6S/c1-9(18)15-11-8-10(5-6-12(11)22-2)24(20,21)17-16-14(19)13-4-3-7-23-13/h3-8,17H,1-2H3,(H,15,18)(H,16,19). The van der Waals surface area contributed by atoms with Crippen molar-refractivity contribution in [3.8, 4) is 5.75 Å². The van der Waals surface area contributed by atoms with Crippen LogP contribution < -0.4 is 20.3 Å². The molecule has 2 rings (SSSR count). The summed E-state index contributed by atoms with van der Waals surface area (Å²) in [6, 6.07) is 6.74. The summed E-state index contributed by atoms with van der Waals surface area (Å²) < 4.78 is 34.4. The van der Waals surface area contributed by atoms with Gasteiger partial charge in [0.25, 0.3) is 10.0 Å². The van der Waals surface area contributed by atoms with Crippen molar-refractivity contribution in [2.45, 2.75) is 11.8 Å². The van der Waals surface area contributed by atoms with E-state index >= 15 is 0 Å². The number of hydrazine groups is 1. The molecule has 0 aliphatic carbocycles. The number of furan rings is 1. The van der Waals surface area contributed by atoms with Crippen molar-refractivity contribution in [1.82, 2.24) is 10.3 Å². The molecule has 0 saturated carbocycles. The van der Waals surface area contributed by atoms with Crippen LogP contribution in [0.3, 0.4) is 0 Å². The van der Waals surface area contributed by atoms with Gasteiger partial charge in [-0.25, -0.2) is 8.42 Å². The van der Waals surface area contributed by atoms with E-state index in [-0.39, 0.29) is 22.3 Å². The number of amides is 2. The highest BCUT2D eigenvalue weighted by atomic mass is 32.2. The van der Waals surface area contributed by atoms with Gasteiger partial charge in [0.15, 0.2) is 5.76 Å². The molecule has 1 aromatic carbocycles. The Labute approximate surface area is 138 Å². The maximum atomic E-state index is 12.2. The van der Waals surface area contributed by atoms with E-state index in [1.165, 1.54) is 50.6 Å². The molecule has 0 atom stereocenters. The highest BCUT2D eigenvalue weighted by molar-refractivity contribution is 7.89. The number of carbonyl (C=O) groups excluding carboxylic acids is 2. The third kappa shape index (κ3) is 4.12. The average Bonchev–Trinajstić information content (AvgIpc) is 3.06. The van der Waals surface area contributed by atoms with Crippen molar-refractivity contribution < 1.29 is 27.2 Å². The monoisotopic (exact) mass is 353 g/mol. The van der Waals surface area contributed by atoms with Crippen LogP contribution in [0.2, 0.25) is 0 Å². The first-order valence-corrected chi connectivity index (χ1v) is 8.13. The quantitative estimate of drug-likeness (QED) is 0.661. The number of hydrogen-bond acceptors (Lipinski definition) is 6. The van der Waals surface area contributed by atoms with Crippen molar-refractivity contribution in [2.75, 3.05) is 12.4 Å². The molecule has 128 valence electrons. The summed E-state index contributed by atoms with van der Waals surface area (Å²) in [6.45, 7) is 1.28. The minimum absolute atomic E-state index is 0.0497. The zero-order valence-corrected chi connectivity index (χ0v) is 13.6. The van der Waals surface area contributed by atoms with Crippen LogP contribution in [0.5, 0.6) is 5.75 Å². The van der Waals surface area contributed by atoms with Gasteiger partial charge in [-0.3, -0.25) is 15.0 Å². The van der Waals surface area contributed by atoms with E-state index in [1.807, 2.05) is 10.3 Å². The second-order valence-electron chi connectivity index (χ2n) is 4.58. The molecule has 0 aliphatic rings. The minimum atomic E-state index is -4.06. The highest BCUT2D eigenvalue weighted by Gasteiger charge is 2.19. The van der Waals surface area contributed by atoms with E-state index < -0.39 is 15.9 Å². The molecule has 2 amide bonds. The Morgan fingerprint density at radius 3 is 2.54 bits per heavy atom. The van der Waals surface area contributed by atoms with Crippen LogP contribution in [0.25, 0.3) is 0 Å². The summed E-state index contributed by atoms with van der Waals surface area (Å²) in [6.07, 6.45) is 1.28. The van der Waals surface area contributed by atoms with Gasteiger partial charge >= 0.3 is 5.91 Å². The number of anilines is 1. The third-order valence-corrected chi connectivity index (χ3v) is 4.08. The Hall–Kier alpha value is -2.85. The second kappa shape index (κ2) is 7.15. The predicted octanol–water partition coefficient (Wildman–Crippen LogP) is 0.870. The van der Waals surface area contributed by atoms with E-state index in [2.05, 4.69) is 5.32 Å². The van der Waals surface area contributed by atoms with Crippen molar-refractivity contribution in [1.29, 1.82) is 0 Å². The van der Waals surface area contributed by atoms with Gasteiger partial charge in [0.2, 0.25) is 5.91 Å². The Kier molecular flexibility index (Phi) is 5.21. The third-order valence-electron chi connectivity index (χ3n) is 2.84. The van der Waals surface area contributed by atoms with E-state index in [9.17, 15) is 18.0 Å². The molecule has 24 heavy (non-hydrogen) atoms. The second-order valence-corrected chi connectivity index (χ2v) is 6.26. The van der Waals surface area contributed by atoms with Crippen LogP contribution in [-0.2, 0) is 14.8 Å². The molecule has 9 nitrogen and oxygen atoms in total. The molecule has 0 bridgehead atoms. The van der Waals surface area contributed by atoms with Crippen LogP contribution in [0.4, 0.5) is 5.69 Å². The smallest absolute Gasteiger partial charge is 0.301 e. The average molecular weight is 353 g/mol. The van der Waals surface area contributed by atoms with Gasteiger partial charge in [-0.15, -0.1) is 4.83 Å². The van der Waals surface area contributed by atoms with Crippen molar-refractivity contribution in [3.05, 3.63) is 42.4 Å². The maximum absolute atomic E-state index is 12.2. The lowest BCUT2D eigenvalue weighted by Crippen LogP contribution is -2.41. The van der Waals surface area contributed by atoms with Crippen LogP contribution in [-0.4, -0.2) is 27.3 Å². The molecule has 0 saturated heterocycles. The van der Waals surface area contributed by atoms with Crippen molar-refractivity contribution >= 4 is 27.5 Å². The number of benzene rings is 1. The Balaban J connectivity index is 2.19. The van der Waals surface area contributed by atoms with Gasteiger partial charge in [0.05, 0.1) is 24.0 Å². The van der Waals surface area contributed by atoms with Crippen molar-refractivity contribution in [2.24, 2.45) is 0 Å². The van der Waals surface area contributed by atoms with Gasteiger partial charge in [-0.2, -0.15) is 0 Å². The molecule has 1 aromatic heterocycles. The largest absolute Gasteiger partial charge is 0.495 e. The molecule has 0 spiro atoms. The summed E-state index contributed by atoms with van der Waals surface area (Å²) in [5.74, 6) is -0.892. The highest BCUT2D eigenvalue weighted by Crippen LogP contribution is 2.27. The summed E-state index contributed by atoms with van der Waals surface area (Å²) >= 11 is 0. The van der Waals surface area contributed by atoms with Gasteiger partial charge < -0.3 is 14.5 Å². The number of ether oxygens (including phenoxy) is 1. The molecule has 0 aliphatic heterocycles. The Morgan fingerprint density at radius 1 is 1.21 bits per heavy atom. The number of rotatable bonds is 6. The minimum Gasteiger partial charge on any atom is -0.495 e.